The fourth-order valence-corrected chi connectivity index (χ4v) is 3.13. The summed E-state index contributed by atoms with van der Waals surface area (Å²) in [5, 5.41) is 15.6. The van der Waals surface area contributed by atoms with Crippen LogP contribution in [0.2, 0.25) is 0 Å². The molecule has 0 amide bonds. The van der Waals surface area contributed by atoms with E-state index in [1.165, 1.54) is 29.2 Å². The molecule has 2 heteroatoms. The van der Waals surface area contributed by atoms with E-state index in [1.807, 2.05) is 0 Å². The Morgan fingerprint density at radius 1 is 1.15 bits per heavy atom. The van der Waals surface area contributed by atoms with Crippen molar-refractivity contribution in [3.05, 3.63) is 48.0 Å². The van der Waals surface area contributed by atoms with Crippen molar-refractivity contribution in [2.24, 2.45) is 5.92 Å². The summed E-state index contributed by atoms with van der Waals surface area (Å²) in [4.78, 5) is 0. The first-order valence-corrected chi connectivity index (χ1v) is 7.64. The summed E-state index contributed by atoms with van der Waals surface area (Å²) in [6.45, 7) is 2.50. The third kappa shape index (κ3) is 2.87. The van der Waals surface area contributed by atoms with Crippen molar-refractivity contribution < 1.29 is 5.11 Å². The number of nitrogens with one attached hydrogen (secondary N) is 1. The van der Waals surface area contributed by atoms with Crippen LogP contribution < -0.4 is 5.32 Å². The Hall–Kier alpha value is -1.38. The summed E-state index contributed by atoms with van der Waals surface area (Å²) in [5.41, 5.74) is 1.35. The van der Waals surface area contributed by atoms with Crippen LogP contribution in [0.15, 0.2) is 42.5 Å². The summed E-state index contributed by atoms with van der Waals surface area (Å²) in [6, 6.07) is 15.8. The molecule has 20 heavy (non-hydrogen) atoms. The summed E-state index contributed by atoms with van der Waals surface area (Å²) < 4.78 is 0. The van der Waals surface area contributed by atoms with Gasteiger partial charge in [-0.25, -0.2) is 0 Å². The van der Waals surface area contributed by atoms with Crippen molar-refractivity contribution in [3.8, 4) is 0 Å². The Kier molecular flexibility index (Phi) is 4.04. The number of fused-ring (bicyclic) bond motifs is 1. The normalized spacial score (nSPS) is 18.1. The molecule has 0 spiro atoms. The molecule has 0 radical (unpaired) electrons. The first kappa shape index (κ1) is 13.6. The predicted molar refractivity (Wildman–Crippen MR) is 83.7 cm³/mol. The maximum absolute atomic E-state index is 9.23. The summed E-state index contributed by atoms with van der Waals surface area (Å²) >= 11 is 0. The Labute approximate surface area is 120 Å². The Bertz CT molecular complexity index is 571. The average Bonchev–Trinajstić information content (AvgIpc) is 3.31. The van der Waals surface area contributed by atoms with E-state index >= 15 is 0 Å². The van der Waals surface area contributed by atoms with Gasteiger partial charge in [0.25, 0.3) is 0 Å². The number of aliphatic hydroxyl groups excluding tert-OH is 1. The van der Waals surface area contributed by atoms with Crippen LogP contribution >= 0.6 is 0 Å². The molecule has 2 aromatic carbocycles. The Balaban J connectivity index is 1.82. The molecule has 1 fully saturated rings. The van der Waals surface area contributed by atoms with Crippen LogP contribution in [0.25, 0.3) is 10.8 Å². The van der Waals surface area contributed by atoms with Crippen molar-refractivity contribution in [1.82, 2.24) is 5.32 Å². The second kappa shape index (κ2) is 5.94. The lowest BCUT2D eigenvalue weighted by atomic mass is 9.98. The average molecular weight is 269 g/mol. The van der Waals surface area contributed by atoms with E-state index in [-0.39, 0.29) is 6.61 Å². The third-order valence-corrected chi connectivity index (χ3v) is 4.39. The van der Waals surface area contributed by atoms with Gasteiger partial charge in [0, 0.05) is 18.7 Å². The van der Waals surface area contributed by atoms with Crippen molar-refractivity contribution in [2.45, 2.75) is 38.3 Å². The van der Waals surface area contributed by atoms with Crippen LogP contribution in [-0.2, 0) is 0 Å². The zero-order valence-electron chi connectivity index (χ0n) is 12.0. The molecular weight excluding hydrogens is 246 g/mol. The monoisotopic (exact) mass is 269 g/mol. The van der Waals surface area contributed by atoms with E-state index in [0.29, 0.717) is 12.1 Å². The van der Waals surface area contributed by atoms with Gasteiger partial charge in [0.1, 0.15) is 0 Å². The predicted octanol–water partition coefficient (Wildman–Crippen LogP) is 3.65. The molecule has 0 saturated heterocycles. The van der Waals surface area contributed by atoms with E-state index in [4.69, 9.17) is 0 Å². The van der Waals surface area contributed by atoms with Crippen LogP contribution in [0.1, 0.15) is 37.8 Å². The second-order valence-corrected chi connectivity index (χ2v) is 5.91. The number of hydrogen-bond donors (Lipinski definition) is 2. The number of hydrogen-bond acceptors (Lipinski definition) is 2. The number of aliphatic hydroxyl groups is 1. The summed E-state index contributed by atoms with van der Waals surface area (Å²) in [5.74, 6) is 0.763. The van der Waals surface area contributed by atoms with Gasteiger partial charge in [0.05, 0.1) is 0 Å². The van der Waals surface area contributed by atoms with Crippen molar-refractivity contribution in [1.29, 1.82) is 0 Å². The van der Waals surface area contributed by atoms with Gasteiger partial charge >= 0.3 is 0 Å². The van der Waals surface area contributed by atoms with Gasteiger partial charge < -0.3 is 10.4 Å². The molecule has 1 saturated carbocycles. The summed E-state index contributed by atoms with van der Waals surface area (Å²) in [6.07, 6.45) is 3.47. The molecule has 2 nitrogen and oxygen atoms in total. The van der Waals surface area contributed by atoms with Gasteiger partial charge in [0.15, 0.2) is 0 Å². The van der Waals surface area contributed by atoms with Crippen molar-refractivity contribution in [2.75, 3.05) is 6.61 Å². The van der Waals surface area contributed by atoms with E-state index in [9.17, 15) is 5.11 Å². The summed E-state index contributed by atoms with van der Waals surface area (Å²) in [7, 11) is 0. The fraction of sp³-hybridized carbons (Fsp3) is 0.444. The zero-order valence-corrected chi connectivity index (χ0v) is 12.0. The van der Waals surface area contributed by atoms with E-state index in [0.717, 1.165) is 12.3 Å². The molecule has 2 aromatic rings. The largest absolute Gasteiger partial charge is 0.396 e. The lowest BCUT2D eigenvalue weighted by Crippen LogP contribution is -2.34. The van der Waals surface area contributed by atoms with E-state index in [1.54, 1.807) is 0 Å². The van der Waals surface area contributed by atoms with Gasteiger partial charge in [-0.3, -0.25) is 0 Å². The van der Waals surface area contributed by atoms with Crippen molar-refractivity contribution in [3.63, 3.8) is 0 Å². The van der Waals surface area contributed by atoms with E-state index in [2.05, 4.69) is 54.7 Å². The minimum absolute atomic E-state index is 0.274. The van der Waals surface area contributed by atoms with Gasteiger partial charge in [-0.05, 0) is 48.4 Å². The van der Waals surface area contributed by atoms with E-state index < -0.39 is 0 Å². The molecule has 2 atom stereocenters. The first-order valence-electron chi connectivity index (χ1n) is 7.64. The zero-order chi connectivity index (χ0) is 13.9. The quantitative estimate of drug-likeness (QED) is 0.839. The molecule has 0 aliphatic heterocycles. The molecule has 1 aliphatic rings. The Morgan fingerprint density at radius 2 is 1.90 bits per heavy atom. The third-order valence-electron chi connectivity index (χ3n) is 4.39. The Morgan fingerprint density at radius 3 is 2.65 bits per heavy atom. The molecule has 2 unspecified atom stereocenters. The van der Waals surface area contributed by atoms with Gasteiger partial charge in [-0.15, -0.1) is 0 Å². The smallest absolute Gasteiger partial charge is 0.0445 e. The second-order valence-electron chi connectivity index (χ2n) is 5.91. The minimum atomic E-state index is 0.274. The highest BCUT2D eigenvalue weighted by Gasteiger charge is 2.31. The molecule has 106 valence electrons. The first-order chi connectivity index (χ1) is 9.79. The van der Waals surface area contributed by atoms with Crippen LogP contribution in [0.3, 0.4) is 0 Å². The topological polar surface area (TPSA) is 32.3 Å². The van der Waals surface area contributed by atoms with Crippen LogP contribution in [0, 0.1) is 5.92 Å². The SMILES string of the molecule is CC(NC(CCO)C1CC1)c1cccc2ccccc12. The highest BCUT2D eigenvalue weighted by molar-refractivity contribution is 5.86. The van der Waals surface area contributed by atoms with Crippen molar-refractivity contribution >= 4 is 10.8 Å². The molecule has 0 aromatic heterocycles. The molecule has 0 bridgehead atoms. The van der Waals surface area contributed by atoms with Gasteiger partial charge in [0.2, 0.25) is 0 Å². The minimum Gasteiger partial charge on any atom is -0.396 e. The fourth-order valence-electron chi connectivity index (χ4n) is 3.13. The van der Waals surface area contributed by atoms with Crippen LogP contribution in [0.5, 0.6) is 0 Å². The highest BCUT2D eigenvalue weighted by Crippen LogP contribution is 2.35. The molecule has 3 rings (SSSR count). The lowest BCUT2D eigenvalue weighted by molar-refractivity contribution is 0.250. The van der Waals surface area contributed by atoms with Gasteiger partial charge in [-0.1, -0.05) is 42.5 Å². The standard InChI is InChI=1S/C18H23NO/c1-13(19-18(11-12-20)15-9-10-15)16-8-4-6-14-5-2-3-7-17(14)16/h2-8,13,15,18-20H,9-12H2,1H3. The number of benzene rings is 2. The highest BCUT2D eigenvalue weighted by atomic mass is 16.3. The maximum atomic E-state index is 9.23. The molecular formula is C18H23NO. The van der Waals surface area contributed by atoms with Crippen LogP contribution in [0.4, 0.5) is 0 Å². The van der Waals surface area contributed by atoms with Crippen LogP contribution in [-0.4, -0.2) is 17.8 Å². The molecule has 0 heterocycles. The maximum Gasteiger partial charge on any atom is 0.0445 e. The van der Waals surface area contributed by atoms with Gasteiger partial charge in [-0.2, -0.15) is 0 Å². The molecule has 2 N–H and O–H groups in total. The lowest BCUT2D eigenvalue weighted by Gasteiger charge is -2.24. The number of rotatable bonds is 6. The molecule has 1 aliphatic carbocycles.